The molecule has 19 heavy (non-hydrogen) atoms. The minimum absolute atomic E-state index is 0.00418. The molecule has 0 aromatic heterocycles. The summed E-state index contributed by atoms with van der Waals surface area (Å²) in [4.78, 5) is 14.6. The van der Waals surface area contributed by atoms with Crippen LogP contribution in [0, 0.1) is 0 Å². The number of hydrogen-bond acceptors (Lipinski definition) is 3. The summed E-state index contributed by atoms with van der Waals surface area (Å²) < 4.78 is 6.02. The van der Waals surface area contributed by atoms with E-state index in [0.717, 1.165) is 51.7 Å². The van der Waals surface area contributed by atoms with Gasteiger partial charge in [-0.2, -0.15) is 0 Å². The fraction of sp³-hybridized carbons (Fsp3) is 0.933. The van der Waals surface area contributed by atoms with Crippen LogP contribution in [0.2, 0.25) is 0 Å². The van der Waals surface area contributed by atoms with Crippen molar-refractivity contribution in [2.24, 2.45) is 0 Å². The lowest BCUT2D eigenvalue weighted by Crippen LogP contribution is -2.57. The highest BCUT2D eigenvalue weighted by molar-refractivity contribution is 5.82. The second-order valence-corrected chi connectivity index (χ2v) is 5.90. The maximum Gasteiger partial charge on any atom is 0.239 e. The van der Waals surface area contributed by atoms with Crippen LogP contribution in [0.4, 0.5) is 0 Å². The van der Waals surface area contributed by atoms with E-state index in [0.29, 0.717) is 11.9 Å². The van der Waals surface area contributed by atoms with E-state index in [1.54, 1.807) is 0 Å². The van der Waals surface area contributed by atoms with Gasteiger partial charge in [-0.3, -0.25) is 4.79 Å². The molecular formula is C15H28N2O2. The van der Waals surface area contributed by atoms with E-state index in [4.69, 9.17) is 4.74 Å². The Morgan fingerprint density at radius 3 is 2.74 bits per heavy atom. The number of hydrogen-bond donors (Lipinski definition) is 1. The number of nitrogens with zero attached hydrogens (tertiary/aromatic N) is 1. The van der Waals surface area contributed by atoms with Crippen molar-refractivity contribution in [3.63, 3.8) is 0 Å². The molecule has 2 fully saturated rings. The van der Waals surface area contributed by atoms with Crippen LogP contribution in [0.3, 0.4) is 0 Å². The first-order valence-corrected chi connectivity index (χ1v) is 7.77. The molecule has 1 N–H and O–H groups in total. The average molecular weight is 268 g/mol. The van der Waals surface area contributed by atoms with Crippen molar-refractivity contribution in [1.29, 1.82) is 0 Å². The van der Waals surface area contributed by atoms with Gasteiger partial charge in [0.2, 0.25) is 5.91 Å². The van der Waals surface area contributed by atoms with Gasteiger partial charge in [-0.25, -0.2) is 0 Å². The number of amides is 1. The predicted octanol–water partition coefficient (Wildman–Crippen LogP) is 1.93. The smallest absolute Gasteiger partial charge is 0.239 e. The standard InChI is InChI=1S/C15H28N2O2/c1-4-15(5-2)11-12(8-10-19-15)17-9-6-7-13(16-3)14(17)18/h12-13,16H,4-11H2,1-3H3. The monoisotopic (exact) mass is 268 g/mol. The first kappa shape index (κ1) is 14.8. The molecule has 0 spiro atoms. The summed E-state index contributed by atoms with van der Waals surface area (Å²) in [6.45, 7) is 6.10. The first-order valence-electron chi connectivity index (χ1n) is 7.77. The summed E-state index contributed by atoms with van der Waals surface area (Å²) in [7, 11) is 1.89. The number of nitrogens with one attached hydrogen (secondary N) is 1. The Morgan fingerprint density at radius 2 is 2.11 bits per heavy atom. The Balaban J connectivity index is 2.06. The number of carbonyl (C=O) groups excluding carboxylic acids is 1. The highest BCUT2D eigenvalue weighted by Crippen LogP contribution is 2.34. The second kappa shape index (κ2) is 6.23. The number of carbonyl (C=O) groups is 1. The van der Waals surface area contributed by atoms with E-state index in [1.807, 2.05) is 7.05 Å². The number of ether oxygens (including phenoxy) is 1. The van der Waals surface area contributed by atoms with Crippen LogP contribution in [0.25, 0.3) is 0 Å². The van der Waals surface area contributed by atoms with Gasteiger partial charge in [0, 0.05) is 19.2 Å². The normalized spacial score (nSPS) is 31.5. The van der Waals surface area contributed by atoms with Gasteiger partial charge in [0.05, 0.1) is 11.6 Å². The maximum absolute atomic E-state index is 12.5. The Morgan fingerprint density at radius 1 is 1.37 bits per heavy atom. The summed E-state index contributed by atoms with van der Waals surface area (Å²) >= 11 is 0. The molecule has 0 aromatic carbocycles. The van der Waals surface area contributed by atoms with Crippen molar-refractivity contribution < 1.29 is 9.53 Å². The summed E-state index contributed by atoms with van der Waals surface area (Å²) in [6.07, 6.45) is 6.16. The maximum atomic E-state index is 12.5. The third-order valence-corrected chi connectivity index (χ3v) is 5.02. The molecule has 2 aliphatic rings. The summed E-state index contributed by atoms with van der Waals surface area (Å²) in [5, 5.41) is 3.15. The van der Waals surface area contributed by atoms with Gasteiger partial charge in [0.1, 0.15) is 0 Å². The van der Waals surface area contributed by atoms with Gasteiger partial charge in [-0.15, -0.1) is 0 Å². The van der Waals surface area contributed by atoms with Crippen LogP contribution in [0.15, 0.2) is 0 Å². The molecule has 0 radical (unpaired) electrons. The minimum Gasteiger partial charge on any atom is -0.375 e. The molecule has 4 heteroatoms. The molecule has 1 amide bonds. The lowest BCUT2D eigenvalue weighted by Gasteiger charge is -2.46. The molecule has 0 aromatic rings. The Kier molecular flexibility index (Phi) is 4.85. The minimum atomic E-state index is -0.00418. The van der Waals surface area contributed by atoms with Crippen molar-refractivity contribution in [2.75, 3.05) is 20.2 Å². The SMILES string of the molecule is CCC1(CC)CC(N2CCCC(NC)C2=O)CCO1. The molecular weight excluding hydrogens is 240 g/mol. The summed E-state index contributed by atoms with van der Waals surface area (Å²) in [6, 6.07) is 0.395. The summed E-state index contributed by atoms with van der Waals surface area (Å²) in [5.41, 5.74) is -0.00418. The van der Waals surface area contributed by atoms with Crippen molar-refractivity contribution >= 4 is 5.91 Å². The largest absolute Gasteiger partial charge is 0.375 e. The van der Waals surface area contributed by atoms with Gasteiger partial charge in [0.25, 0.3) is 0 Å². The van der Waals surface area contributed by atoms with Gasteiger partial charge in [-0.05, 0) is 45.6 Å². The van der Waals surface area contributed by atoms with Crippen LogP contribution in [0.1, 0.15) is 52.4 Å². The van der Waals surface area contributed by atoms with Crippen molar-refractivity contribution in [1.82, 2.24) is 10.2 Å². The topological polar surface area (TPSA) is 41.6 Å². The van der Waals surface area contributed by atoms with Crippen LogP contribution < -0.4 is 5.32 Å². The fourth-order valence-corrected chi connectivity index (χ4v) is 3.54. The fourth-order valence-electron chi connectivity index (χ4n) is 3.54. The van der Waals surface area contributed by atoms with E-state index >= 15 is 0 Å². The molecule has 2 atom stereocenters. The molecule has 2 rings (SSSR count). The molecule has 2 heterocycles. The van der Waals surface area contributed by atoms with E-state index < -0.39 is 0 Å². The Hall–Kier alpha value is -0.610. The number of likely N-dealkylation sites (tertiary alicyclic amines) is 1. The Bertz CT molecular complexity index is 315. The third kappa shape index (κ3) is 2.95. The first-order chi connectivity index (χ1) is 9.15. The zero-order valence-electron chi connectivity index (χ0n) is 12.6. The van der Waals surface area contributed by atoms with Crippen LogP contribution in [0.5, 0.6) is 0 Å². The van der Waals surface area contributed by atoms with Crippen molar-refractivity contribution in [3.05, 3.63) is 0 Å². The van der Waals surface area contributed by atoms with E-state index in [2.05, 4.69) is 24.1 Å². The Labute approximate surface area is 116 Å². The average Bonchev–Trinajstić information content (AvgIpc) is 2.47. The molecule has 4 nitrogen and oxygen atoms in total. The van der Waals surface area contributed by atoms with Crippen LogP contribution in [-0.2, 0) is 9.53 Å². The number of piperidine rings is 1. The second-order valence-electron chi connectivity index (χ2n) is 5.90. The summed E-state index contributed by atoms with van der Waals surface area (Å²) in [5.74, 6) is 0.293. The lowest BCUT2D eigenvalue weighted by atomic mass is 9.84. The molecule has 0 saturated carbocycles. The molecule has 2 unspecified atom stereocenters. The van der Waals surface area contributed by atoms with Crippen molar-refractivity contribution in [3.8, 4) is 0 Å². The zero-order valence-corrected chi connectivity index (χ0v) is 12.6. The van der Waals surface area contributed by atoms with Crippen LogP contribution >= 0.6 is 0 Å². The van der Waals surface area contributed by atoms with Crippen LogP contribution in [-0.4, -0.2) is 48.7 Å². The highest BCUT2D eigenvalue weighted by atomic mass is 16.5. The van der Waals surface area contributed by atoms with Crippen molar-refractivity contribution in [2.45, 2.75) is 70.1 Å². The highest BCUT2D eigenvalue weighted by Gasteiger charge is 2.40. The molecule has 2 saturated heterocycles. The van der Waals surface area contributed by atoms with Gasteiger partial charge in [-0.1, -0.05) is 13.8 Å². The lowest BCUT2D eigenvalue weighted by molar-refractivity contribution is -0.149. The molecule has 2 aliphatic heterocycles. The predicted molar refractivity (Wildman–Crippen MR) is 76.1 cm³/mol. The third-order valence-electron chi connectivity index (χ3n) is 5.02. The number of likely N-dealkylation sites (N-methyl/N-ethyl adjacent to an activating group) is 1. The van der Waals surface area contributed by atoms with E-state index in [-0.39, 0.29) is 11.6 Å². The molecule has 110 valence electrons. The quantitative estimate of drug-likeness (QED) is 0.847. The van der Waals surface area contributed by atoms with Gasteiger partial charge < -0.3 is 15.0 Å². The van der Waals surface area contributed by atoms with Gasteiger partial charge >= 0.3 is 0 Å². The van der Waals surface area contributed by atoms with Gasteiger partial charge in [0.15, 0.2) is 0 Å². The number of rotatable bonds is 4. The zero-order chi connectivity index (χ0) is 13.9. The molecule has 0 aliphatic carbocycles. The molecule has 0 bridgehead atoms. The van der Waals surface area contributed by atoms with E-state index in [1.165, 1.54) is 0 Å². The van der Waals surface area contributed by atoms with E-state index in [9.17, 15) is 4.79 Å².